The van der Waals surface area contributed by atoms with Crippen LogP contribution in [0.1, 0.15) is 18.5 Å². The van der Waals surface area contributed by atoms with Crippen LogP contribution in [0.5, 0.6) is 11.5 Å². The van der Waals surface area contributed by atoms with Crippen molar-refractivity contribution < 1.29 is 9.47 Å². The van der Waals surface area contributed by atoms with E-state index in [0.29, 0.717) is 6.04 Å². The van der Waals surface area contributed by atoms with Gasteiger partial charge in [-0.05, 0) is 30.5 Å². The number of ether oxygens (including phenoxy) is 2. The number of rotatable bonds is 7. The molecule has 0 bridgehead atoms. The average molecular weight is 255 g/mol. The van der Waals surface area contributed by atoms with Crippen molar-refractivity contribution in [3.05, 3.63) is 23.8 Å². The molecule has 1 unspecified atom stereocenters. The number of methoxy groups -OCH3 is 2. The van der Waals surface area contributed by atoms with Crippen molar-refractivity contribution in [1.82, 2.24) is 5.32 Å². The summed E-state index contributed by atoms with van der Waals surface area (Å²) in [4.78, 5) is 0. The third-order valence-corrected chi connectivity index (χ3v) is 3.26. The molecule has 96 valence electrons. The van der Waals surface area contributed by atoms with Crippen molar-refractivity contribution >= 4 is 11.8 Å². The van der Waals surface area contributed by atoms with Crippen LogP contribution in [0.2, 0.25) is 0 Å². The fraction of sp³-hybridized carbons (Fsp3) is 0.538. The molecule has 0 heterocycles. The van der Waals surface area contributed by atoms with Gasteiger partial charge in [-0.15, -0.1) is 0 Å². The molecule has 0 aromatic heterocycles. The second-order valence-electron chi connectivity index (χ2n) is 3.68. The van der Waals surface area contributed by atoms with Gasteiger partial charge in [-0.3, -0.25) is 0 Å². The first-order valence-electron chi connectivity index (χ1n) is 5.71. The Morgan fingerprint density at radius 3 is 2.47 bits per heavy atom. The minimum atomic E-state index is 0.356. The molecule has 1 aromatic carbocycles. The van der Waals surface area contributed by atoms with Gasteiger partial charge in [-0.1, -0.05) is 13.0 Å². The van der Waals surface area contributed by atoms with E-state index in [9.17, 15) is 0 Å². The van der Waals surface area contributed by atoms with Gasteiger partial charge in [0.2, 0.25) is 0 Å². The van der Waals surface area contributed by atoms with Gasteiger partial charge in [0.1, 0.15) is 0 Å². The molecule has 0 saturated heterocycles. The zero-order valence-corrected chi connectivity index (χ0v) is 11.8. The molecule has 0 radical (unpaired) electrons. The zero-order chi connectivity index (χ0) is 12.7. The van der Waals surface area contributed by atoms with Crippen molar-refractivity contribution in [3.8, 4) is 11.5 Å². The van der Waals surface area contributed by atoms with E-state index >= 15 is 0 Å². The average Bonchev–Trinajstić information content (AvgIpc) is 2.37. The highest BCUT2D eigenvalue weighted by Crippen LogP contribution is 2.30. The summed E-state index contributed by atoms with van der Waals surface area (Å²) in [5, 5.41) is 3.47. The molecule has 1 rings (SSSR count). The highest BCUT2D eigenvalue weighted by atomic mass is 32.2. The molecular weight excluding hydrogens is 234 g/mol. The van der Waals surface area contributed by atoms with Crippen LogP contribution in [0.15, 0.2) is 18.2 Å². The Morgan fingerprint density at radius 2 is 1.94 bits per heavy atom. The first-order valence-corrected chi connectivity index (χ1v) is 7.10. The maximum atomic E-state index is 5.32. The zero-order valence-electron chi connectivity index (χ0n) is 10.9. The number of thioether (sulfide) groups is 1. The molecule has 3 nitrogen and oxygen atoms in total. The lowest BCUT2D eigenvalue weighted by Crippen LogP contribution is -2.22. The normalized spacial score (nSPS) is 12.2. The van der Waals surface area contributed by atoms with Gasteiger partial charge in [-0.2, -0.15) is 11.8 Å². The fourth-order valence-corrected chi connectivity index (χ4v) is 2.40. The Balaban J connectivity index is 2.94. The monoisotopic (exact) mass is 255 g/mol. The molecule has 17 heavy (non-hydrogen) atoms. The van der Waals surface area contributed by atoms with Gasteiger partial charge in [0, 0.05) is 11.8 Å². The third kappa shape index (κ3) is 3.82. The number of nitrogens with one attached hydrogen (secondary N) is 1. The van der Waals surface area contributed by atoms with Gasteiger partial charge < -0.3 is 14.8 Å². The molecule has 0 saturated carbocycles. The summed E-state index contributed by atoms with van der Waals surface area (Å²) in [6.45, 7) is 3.08. The SMILES string of the molecule is CCNC(CSC)c1ccc(OC)c(OC)c1. The predicted molar refractivity (Wildman–Crippen MR) is 74.3 cm³/mol. The summed E-state index contributed by atoms with van der Waals surface area (Å²) in [7, 11) is 3.32. The van der Waals surface area contributed by atoms with Crippen LogP contribution in [0, 0.1) is 0 Å². The summed E-state index contributed by atoms with van der Waals surface area (Å²) in [6.07, 6.45) is 2.12. The largest absolute Gasteiger partial charge is 0.493 e. The summed E-state index contributed by atoms with van der Waals surface area (Å²) < 4.78 is 10.6. The Hall–Kier alpha value is -0.870. The lowest BCUT2D eigenvalue weighted by molar-refractivity contribution is 0.354. The van der Waals surface area contributed by atoms with Crippen molar-refractivity contribution in [2.24, 2.45) is 0 Å². The molecule has 4 heteroatoms. The second-order valence-corrected chi connectivity index (χ2v) is 4.59. The van der Waals surface area contributed by atoms with Gasteiger partial charge >= 0.3 is 0 Å². The maximum absolute atomic E-state index is 5.32. The van der Waals surface area contributed by atoms with Gasteiger partial charge in [0.15, 0.2) is 11.5 Å². The third-order valence-electron chi connectivity index (χ3n) is 2.59. The van der Waals surface area contributed by atoms with E-state index in [1.54, 1.807) is 14.2 Å². The lowest BCUT2D eigenvalue weighted by Gasteiger charge is -2.18. The standard InChI is InChI=1S/C13H21NO2S/c1-5-14-11(9-17-4)10-6-7-12(15-2)13(8-10)16-3/h6-8,11,14H,5,9H2,1-4H3. The molecule has 0 spiro atoms. The van der Waals surface area contributed by atoms with Crippen molar-refractivity contribution in [2.45, 2.75) is 13.0 Å². The smallest absolute Gasteiger partial charge is 0.161 e. The molecular formula is C13H21NO2S. The topological polar surface area (TPSA) is 30.5 Å². The Labute approximate surface area is 108 Å². The molecule has 0 amide bonds. The van der Waals surface area contributed by atoms with Crippen molar-refractivity contribution in [1.29, 1.82) is 0 Å². The Kier molecular flexibility index (Phi) is 6.22. The molecule has 0 aliphatic carbocycles. The van der Waals surface area contributed by atoms with E-state index < -0.39 is 0 Å². The first-order chi connectivity index (χ1) is 8.26. The minimum Gasteiger partial charge on any atom is -0.493 e. The molecule has 1 N–H and O–H groups in total. The summed E-state index contributed by atoms with van der Waals surface area (Å²) in [5.41, 5.74) is 1.24. The van der Waals surface area contributed by atoms with Crippen LogP contribution in [0.3, 0.4) is 0 Å². The van der Waals surface area contributed by atoms with Gasteiger partial charge in [0.05, 0.1) is 14.2 Å². The number of benzene rings is 1. The van der Waals surface area contributed by atoms with E-state index in [1.165, 1.54) is 5.56 Å². The number of hydrogen-bond donors (Lipinski definition) is 1. The molecule has 1 atom stereocenters. The molecule has 1 aromatic rings. The summed E-state index contributed by atoms with van der Waals surface area (Å²) in [6, 6.07) is 6.45. The second kappa shape index (κ2) is 7.45. The van der Waals surface area contributed by atoms with Gasteiger partial charge in [-0.25, -0.2) is 0 Å². The quantitative estimate of drug-likeness (QED) is 0.811. The molecule has 0 fully saturated rings. The van der Waals surface area contributed by atoms with E-state index in [0.717, 1.165) is 23.8 Å². The van der Waals surface area contributed by atoms with E-state index in [4.69, 9.17) is 9.47 Å². The van der Waals surface area contributed by atoms with E-state index in [2.05, 4.69) is 24.6 Å². The Bertz CT molecular complexity index is 338. The van der Waals surface area contributed by atoms with Crippen molar-refractivity contribution in [2.75, 3.05) is 32.8 Å². The summed E-state index contributed by atoms with van der Waals surface area (Å²) >= 11 is 1.83. The van der Waals surface area contributed by atoms with E-state index in [1.807, 2.05) is 23.9 Å². The maximum Gasteiger partial charge on any atom is 0.161 e. The van der Waals surface area contributed by atoms with Crippen LogP contribution in [-0.2, 0) is 0 Å². The number of hydrogen-bond acceptors (Lipinski definition) is 4. The van der Waals surface area contributed by atoms with Crippen LogP contribution < -0.4 is 14.8 Å². The fourth-order valence-electron chi connectivity index (χ4n) is 1.76. The highest BCUT2D eigenvalue weighted by Gasteiger charge is 2.12. The summed E-state index contributed by atoms with van der Waals surface area (Å²) in [5.74, 6) is 2.60. The van der Waals surface area contributed by atoms with Crippen LogP contribution in [-0.4, -0.2) is 32.8 Å². The molecule has 0 aliphatic heterocycles. The van der Waals surface area contributed by atoms with Crippen LogP contribution >= 0.6 is 11.8 Å². The molecule has 0 aliphatic rings. The van der Waals surface area contributed by atoms with Gasteiger partial charge in [0.25, 0.3) is 0 Å². The van der Waals surface area contributed by atoms with E-state index in [-0.39, 0.29) is 0 Å². The minimum absolute atomic E-state index is 0.356. The van der Waals surface area contributed by atoms with Crippen LogP contribution in [0.4, 0.5) is 0 Å². The van der Waals surface area contributed by atoms with Crippen LogP contribution in [0.25, 0.3) is 0 Å². The Morgan fingerprint density at radius 1 is 1.24 bits per heavy atom. The first kappa shape index (κ1) is 14.2. The highest BCUT2D eigenvalue weighted by molar-refractivity contribution is 7.98. The lowest BCUT2D eigenvalue weighted by atomic mass is 10.1. The van der Waals surface area contributed by atoms with Crippen molar-refractivity contribution in [3.63, 3.8) is 0 Å². The predicted octanol–water partition coefficient (Wildman–Crippen LogP) is 2.72.